The summed E-state index contributed by atoms with van der Waals surface area (Å²) >= 11 is 1.53. The van der Waals surface area contributed by atoms with Crippen molar-refractivity contribution in [2.24, 2.45) is 0 Å². The van der Waals surface area contributed by atoms with Crippen LogP contribution in [0.3, 0.4) is 0 Å². The first kappa shape index (κ1) is 12.7. The second-order valence-electron chi connectivity index (χ2n) is 4.31. The average Bonchev–Trinajstić information content (AvgIpc) is 2.99. The molecule has 3 rings (SSSR count). The highest BCUT2D eigenvalue weighted by molar-refractivity contribution is 7.09. The zero-order valence-corrected chi connectivity index (χ0v) is 11.4. The first-order valence-electron chi connectivity index (χ1n) is 5.91. The third-order valence-electron chi connectivity index (χ3n) is 2.67. The number of hydrogen-bond acceptors (Lipinski definition) is 6. The van der Waals surface area contributed by atoms with Gasteiger partial charge in [-0.1, -0.05) is 5.16 Å². The number of anilines is 1. The van der Waals surface area contributed by atoms with E-state index in [1.165, 1.54) is 23.5 Å². The number of halogens is 1. The highest BCUT2D eigenvalue weighted by Crippen LogP contribution is 2.23. The molecule has 0 aliphatic carbocycles. The lowest BCUT2D eigenvalue weighted by Gasteiger charge is -1.97. The topological polar surface area (TPSA) is 77.8 Å². The summed E-state index contributed by atoms with van der Waals surface area (Å²) in [5, 5.41) is 6.69. The smallest absolute Gasteiger partial charge is 0.260 e. The van der Waals surface area contributed by atoms with Crippen LogP contribution in [0.5, 0.6) is 0 Å². The lowest BCUT2D eigenvalue weighted by molar-refractivity contribution is 0.421. The van der Waals surface area contributed by atoms with Gasteiger partial charge in [-0.3, -0.25) is 0 Å². The quantitative estimate of drug-likeness (QED) is 0.750. The lowest BCUT2D eigenvalue weighted by Crippen LogP contribution is -1.92. The van der Waals surface area contributed by atoms with Crippen molar-refractivity contribution in [2.45, 2.75) is 13.3 Å². The number of nitrogens with zero attached hydrogens (tertiary/aromatic N) is 3. The van der Waals surface area contributed by atoms with E-state index in [0.717, 1.165) is 10.7 Å². The van der Waals surface area contributed by atoms with Gasteiger partial charge in [-0.05, 0) is 25.1 Å². The van der Waals surface area contributed by atoms with Crippen molar-refractivity contribution in [3.8, 4) is 11.5 Å². The normalized spacial score (nSPS) is 10.9. The van der Waals surface area contributed by atoms with Gasteiger partial charge in [-0.2, -0.15) is 4.98 Å². The summed E-state index contributed by atoms with van der Waals surface area (Å²) in [5.41, 5.74) is 7.05. The number of aryl methyl sites for hydroxylation is 1. The summed E-state index contributed by atoms with van der Waals surface area (Å²) < 4.78 is 18.8. The highest BCUT2D eigenvalue weighted by atomic mass is 32.1. The molecular formula is C13H11FN4OS. The van der Waals surface area contributed by atoms with Gasteiger partial charge in [0, 0.05) is 16.8 Å². The van der Waals surface area contributed by atoms with Crippen LogP contribution in [-0.2, 0) is 6.42 Å². The Morgan fingerprint density at radius 1 is 1.35 bits per heavy atom. The van der Waals surface area contributed by atoms with E-state index >= 15 is 0 Å². The predicted molar refractivity (Wildman–Crippen MR) is 73.8 cm³/mol. The van der Waals surface area contributed by atoms with Crippen LogP contribution in [0, 0.1) is 12.7 Å². The van der Waals surface area contributed by atoms with E-state index in [0.29, 0.717) is 17.9 Å². The number of aromatic nitrogens is 3. The molecule has 0 spiro atoms. The van der Waals surface area contributed by atoms with Crippen LogP contribution < -0.4 is 5.73 Å². The number of thiazole rings is 1. The summed E-state index contributed by atoms with van der Waals surface area (Å²) in [6.45, 7) is 1.92. The first-order chi connectivity index (χ1) is 9.61. The maximum Gasteiger partial charge on any atom is 0.260 e. The third-order valence-corrected chi connectivity index (χ3v) is 3.63. The second-order valence-corrected chi connectivity index (χ2v) is 5.26. The van der Waals surface area contributed by atoms with E-state index < -0.39 is 5.82 Å². The van der Waals surface area contributed by atoms with Crippen LogP contribution in [0.25, 0.3) is 11.5 Å². The molecule has 0 atom stereocenters. The molecule has 2 N–H and O–H groups in total. The Morgan fingerprint density at radius 2 is 2.20 bits per heavy atom. The van der Waals surface area contributed by atoms with Crippen LogP contribution in [0.4, 0.5) is 10.1 Å². The standard InChI is InChI=1S/C13H11FN4OS/c1-7-6-20-12(16-7)5-11-17-13(19-18-11)9-3-2-8(15)4-10(9)14/h2-4,6H,5,15H2,1H3. The Labute approximate surface area is 118 Å². The van der Waals surface area contributed by atoms with Gasteiger partial charge in [0.15, 0.2) is 5.82 Å². The number of rotatable bonds is 3. The van der Waals surface area contributed by atoms with Crippen molar-refractivity contribution in [3.05, 3.63) is 45.9 Å². The molecule has 5 nitrogen and oxygen atoms in total. The molecule has 0 radical (unpaired) electrons. The molecule has 0 fully saturated rings. The van der Waals surface area contributed by atoms with Gasteiger partial charge in [0.05, 0.1) is 12.0 Å². The highest BCUT2D eigenvalue weighted by Gasteiger charge is 2.14. The second kappa shape index (κ2) is 5.01. The Morgan fingerprint density at radius 3 is 2.90 bits per heavy atom. The number of nitrogens with two attached hydrogens (primary N) is 1. The molecule has 0 saturated heterocycles. The summed E-state index contributed by atoms with van der Waals surface area (Å²) in [6, 6.07) is 4.34. The molecule has 0 bridgehead atoms. The number of nitrogen functional groups attached to an aromatic ring is 1. The summed E-state index contributed by atoms with van der Waals surface area (Å²) in [4.78, 5) is 8.51. The predicted octanol–water partition coefficient (Wildman–Crippen LogP) is 2.81. The zero-order valence-electron chi connectivity index (χ0n) is 10.6. The molecule has 0 amide bonds. The molecule has 102 valence electrons. The summed E-state index contributed by atoms with van der Waals surface area (Å²) in [6.07, 6.45) is 0.471. The minimum Gasteiger partial charge on any atom is -0.399 e. The Hall–Kier alpha value is -2.28. The molecule has 0 unspecified atom stereocenters. The average molecular weight is 290 g/mol. The molecule has 0 aliphatic heterocycles. The Bertz CT molecular complexity index is 752. The van der Waals surface area contributed by atoms with E-state index in [9.17, 15) is 4.39 Å². The van der Waals surface area contributed by atoms with Crippen molar-refractivity contribution in [1.82, 2.24) is 15.1 Å². The van der Waals surface area contributed by atoms with Crippen LogP contribution >= 0.6 is 11.3 Å². The fourth-order valence-corrected chi connectivity index (χ4v) is 2.53. The maximum atomic E-state index is 13.8. The van der Waals surface area contributed by atoms with E-state index in [2.05, 4.69) is 15.1 Å². The third kappa shape index (κ3) is 2.53. The van der Waals surface area contributed by atoms with E-state index in [4.69, 9.17) is 10.3 Å². The molecule has 0 saturated carbocycles. The molecule has 1 aromatic carbocycles. The van der Waals surface area contributed by atoms with Gasteiger partial charge in [0.25, 0.3) is 5.89 Å². The minimum atomic E-state index is -0.481. The largest absolute Gasteiger partial charge is 0.399 e. The maximum absolute atomic E-state index is 13.8. The summed E-state index contributed by atoms with van der Waals surface area (Å²) in [7, 11) is 0. The fourth-order valence-electron chi connectivity index (χ4n) is 1.76. The van der Waals surface area contributed by atoms with Crippen molar-refractivity contribution in [3.63, 3.8) is 0 Å². The van der Waals surface area contributed by atoms with Crippen molar-refractivity contribution < 1.29 is 8.91 Å². The monoisotopic (exact) mass is 290 g/mol. The van der Waals surface area contributed by atoms with Gasteiger partial charge in [-0.15, -0.1) is 11.3 Å². The number of benzene rings is 1. The molecule has 3 aromatic rings. The minimum absolute atomic E-state index is 0.144. The van der Waals surface area contributed by atoms with Gasteiger partial charge in [-0.25, -0.2) is 9.37 Å². The zero-order chi connectivity index (χ0) is 14.1. The van der Waals surface area contributed by atoms with E-state index in [1.807, 2.05) is 12.3 Å². The van der Waals surface area contributed by atoms with Crippen LogP contribution in [-0.4, -0.2) is 15.1 Å². The van der Waals surface area contributed by atoms with Gasteiger partial charge in [0.2, 0.25) is 0 Å². The fraction of sp³-hybridized carbons (Fsp3) is 0.154. The molecule has 2 aromatic heterocycles. The summed E-state index contributed by atoms with van der Waals surface area (Å²) in [5.74, 6) is 0.140. The van der Waals surface area contributed by atoms with Crippen molar-refractivity contribution >= 4 is 17.0 Å². The van der Waals surface area contributed by atoms with E-state index in [-0.39, 0.29) is 11.5 Å². The first-order valence-corrected chi connectivity index (χ1v) is 6.79. The van der Waals surface area contributed by atoms with Crippen LogP contribution in [0.1, 0.15) is 16.5 Å². The van der Waals surface area contributed by atoms with Crippen molar-refractivity contribution in [2.75, 3.05) is 5.73 Å². The molecular weight excluding hydrogens is 279 g/mol. The molecule has 2 heterocycles. The SMILES string of the molecule is Cc1csc(Cc2noc(-c3ccc(N)cc3F)n2)n1. The lowest BCUT2D eigenvalue weighted by atomic mass is 10.2. The van der Waals surface area contributed by atoms with E-state index in [1.54, 1.807) is 6.07 Å². The van der Waals surface area contributed by atoms with Crippen molar-refractivity contribution in [1.29, 1.82) is 0 Å². The Balaban J connectivity index is 1.86. The molecule has 7 heteroatoms. The van der Waals surface area contributed by atoms with Crippen LogP contribution in [0.2, 0.25) is 0 Å². The molecule has 0 aliphatic rings. The molecule has 20 heavy (non-hydrogen) atoms. The van der Waals surface area contributed by atoms with Crippen LogP contribution in [0.15, 0.2) is 28.1 Å². The number of hydrogen-bond donors (Lipinski definition) is 1. The van der Waals surface area contributed by atoms with Gasteiger partial charge < -0.3 is 10.3 Å². The Kier molecular flexibility index (Phi) is 3.19. The van der Waals surface area contributed by atoms with Gasteiger partial charge in [0.1, 0.15) is 10.8 Å². The van der Waals surface area contributed by atoms with Gasteiger partial charge >= 0.3 is 0 Å².